The number of aromatic carboxylic acids is 1. The van der Waals surface area contributed by atoms with Crippen LogP contribution in [0.15, 0.2) is 24.3 Å². The number of carboxylic acid groups (broad SMARTS) is 2. The summed E-state index contributed by atoms with van der Waals surface area (Å²) < 4.78 is 0. The fraction of sp³-hybridized carbons (Fsp3) is 0.385. The van der Waals surface area contributed by atoms with Crippen molar-refractivity contribution in [1.29, 1.82) is 0 Å². The maximum atomic E-state index is 11.1. The van der Waals surface area contributed by atoms with Crippen molar-refractivity contribution in [3.8, 4) is 0 Å². The van der Waals surface area contributed by atoms with Crippen LogP contribution in [0.2, 0.25) is 0 Å². The molecule has 18 heavy (non-hydrogen) atoms. The second kappa shape index (κ2) is 5.08. The number of carbonyl (C=O) groups is 2. The molecule has 2 N–H and O–H groups in total. The van der Waals surface area contributed by atoms with Crippen molar-refractivity contribution >= 4 is 17.6 Å². The van der Waals surface area contributed by atoms with Gasteiger partial charge in [-0.15, -0.1) is 0 Å². The number of nitrogens with zero attached hydrogens (tertiary/aromatic N) is 1. The lowest BCUT2D eigenvalue weighted by Gasteiger charge is -2.32. The minimum Gasteiger partial charge on any atom is -0.481 e. The second-order valence-electron chi connectivity index (χ2n) is 4.42. The summed E-state index contributed by atoms with van der Waals surface area (Å²) in [5.74, 6) is -2.02. The molecule has 5 heteroatoms. The Balaban J connectivity index is 2.15. The van der Waals surface area contributed by atoms with Gasteiger partial charge in [0.15, 0.2) is 0 Å². The van der Waals surface area contributed by atoms with E-state index in [1.807, 2.05) is 4.90 Å². The van der Waals surface area contributed by atoms with E-state index in [1.54, 1.807) is 24.3 Å². The zero-order valence-corrected chi connectivity index (χ0v) is 9.87. The van der Waals surface area contributed by atoms with Gasteiger partial charge in [0.1, 0.15) is 0 Å². The first-order valence-corrected chi connectivity index (χ1v) is 5.89. The van der Waals surface area contributed by atoms with E-state index in [-0.39, 0.29) is 11.5 Å². The van der Waals surface area contributed by atoms with Crippen molar-refractivity contribution in [3.63, 3.8) is 0 Å². The molecule has 1 aliphatic heterocycles. The molecule has 0 atom stereocenters. The van der Waals surface area contributed by atoms with Crippen LogP contribution in [-0.4, -0.2) is 35.2 Å². The van der Waals surface area contributed by atoms with Gasteiger partial charge in [-0.2, -0.15) is 0 Å². The molecule has 0 amide bonds. The highest BCUT2D eigenvalue weighted by Crippen LogP contribution is 2.26. The van der Waals surface area contributed by atoms with Crippen LogP contribution in [0.1, 0.15) is 23.2 Å². The lowest BCUT2D eigenvalue weighted by Crippen LogP contribution is -2.37. The highest BCUT2D eigenvalue weighted by atomic mass is 16.4. The normalized spacial score (nSPS) is 16.6. The van der Waals surface area contributed by atoms with Gasteiger partial charge < -0.3 is 15.1 Å². The Hall–Kier alpha value is -2.04. The van der Waals surface area contributed by atoms with Crippen molar-refractivity contribution in [2.75, 3.05) is 18.0 Å². The lowest BCUT2D eigenvalue weighted by atomic mass is 9.96. The lowest BCUT2D eigenvalue weighted by molar-refractivity contribution is -0.142. The van der Waals surface area contributed by atoms with Crippen LogP contribution in [0.5, 0.6) is 0 Å². The molecule has 1 aliphatic rings. The van der Waals surface area contributed by atoms with Gasteiger partial charge in [-0.1, -0.05) is 12.1 Å². The monoisotopic (exact) mass is 249 g/mol. The topological polar surface area (TPSA) is 77.8 Å². The Morgan fingerprint density at radius 3 is 2.28 bits per heavy atom. The van der Waals surface area contributed by atoms with Gasteiger partial charge in [-0.3, -0.25) is 4.79 Å². The molecule has 1 heterocycles. The highest BCUT2D eigenvalue weighted by Gasteiger charge is 2.26. The molecular weight excluding hydrogens is 234 g/mol. The fourth-order valence-corrected chi connectivity index (χ4v) is 2.30. The third-order valence-corrected chi connectivity index (χ3v) is 3.32. The van der Waals surface area contributed by atoms with Crippen LogP contribution < -0.4 is 4.90 Å². The Kier molecular flexibility index (Phi) is 3.50. The van der Waals surface area contributed by atoms with Gasteiger partial charge in [-0.25, -0.2) is 4.79 Å². The van der Waals surface area contributed by atoms with Crippen LogP contribution in [0, 0.1) is 5.92 Å². The number of para-hydroxylation sites is 1. The Morgan fingerprint density at radius 1 is 1.11 bits per heavy atom. The Labute approximate surface area is 105 Å². The molecule has 1 fully saturated rings. The van der Waals surface area contributed by atoms with E-state index in [4.69, 9.17) is 10.2 Å². The quantitative estimate of drug-likeness (QED) is 0.852. The van der Waals surface area contributed by atoms with Gasteiger partial charge in [0.2, 0.25) is 0 Å². The van der Waals surface area contributed by atoms with Crippen LogP contribution in [-0.2, 0) is 4.79 Å². The standard InChI is InChI=1S/C13H15NO4/c15-12(16)9-5-7-14(8-6-9)11-4-2-1-3-10(11)13(17)18/h1-4,9H,5-8H2,(H,15,16)(H,17,18). The average Bonchev–Trinajstić information content (AvgIpc) is 2.39. The summed E-state index contributed by atoms with van der Waals surface area (Å²) in [5, 5.41) is 18.0. The molecule has 0 aliphatic carbocycles. The molecule has 1 aromatic carbocycles. The summed E-state index contributed by atoms with van der Waals surface area (Å²) in [6.45, 7) is 1.17. The maximum Gasteiger partial charge on any atom is 0.337 e. The fourth-order valence-electron chi connectivity index (χ4n) is 2.30. The van der Waals surface area contributed by atoms with E-state index in [1.165, 1.54) is 0 Å². The first-order chi connectivity index (χ1) is 8.59. The number of carboxylic acids is 2. The third-order valence-electron chi connectivity index (χ3n) is 3.32. The van der Waals surface area contributed by atoms with E-state index in [0.717, 1.165) is 0 Å². The smallest absolute Gasteiger partial charge is 0.337 e. The molecule has 0 bridgehead atoms. The molecule has 96 valence electrons. The van der Waals surface area contributed by atoms with Crippen LogP contribution in [0.4, 0.5) is 5.69 Å². The number of aliphatic carboxylic acids is 1. The van der Waals surface area contributed by atoms with Gasteiger partial charge in [0.05, 0.1) is 17.2 Å². The highest BCUT2D eigenvalue weighted by molar-refractivity contribution is 5.94. The predicted molar refractivity (Wildman–Crippen MR) is 66.0 cm³/mol. The zero-order chi connectivity index (χ0) is 13.1. The summed E-state index contributed by atoms with van der Waals surface area (Å²) in [4.78, 5) is 23.9. The molecule has 2 rings (SSSR count). The van der Waals surface area contributed by atoms with Crippen molar-refractivity contribution in [3.05, 3.63) is 29.8 Å². The molecule has 0 spiro atoms. The molecule has 0 saturated carbocycles. The van der Waals surface area contributed by atoms with E-state index in [0.29, 0.717) is 31.6 Å². The minimum absolute atomic E-state index is 0.270. The number of hydrogen-bond donors (Lipinski definition) is 2. The predicted octanol–water partition coefficient (Wildman–Crippen LogP) is 1.69. The van der Waals surface area contributed by atoms with Crippen LogP contribution >= 0.6 is 0 Å². The van der Waals surface area contributed by atoms with Gasteiger partial charge in [-0.05, 0) is 25.0 Å². The van der Waals surface area contributed by atoms with Crippen molar-refractivity contribution in [1.82, 2.24) is 0 Å². The van der Waals surface area contributed by atoms with Gasteiger partial charge in [0, 0.05) is 13.1 Å². The van der Waals surface area contributed by atoms with Crippen molar-refractivity contribution in [2.45, 2.75) is 12.8 Å². The third kappa shape index (κ3) is 2.45. The first kappa shape index (κ1) is 12.4. The number of piperidine rings is 1. The number of rotatable bonds is 3. The molecule has 0 radical (unpaired) electrons. The summed E-state index contributed by atoms with van der Waals surface area (Å²) in [6, 6.07) is 6.83. The summed E-state index contributed by atoms with van der Waals surface area (Å²) in [6.07, 6.45) is 1.12. The molecule has 5 nitrogen and oxygen atoms in total. The maximum absolute atomic E-state index is 11.1. The van der Waals surface area contributed by atoms with Crippen molar-refractivity contribution in [2.24, 2.45) is 5.92 Å². The molecule has 1 saturated heterocycles. The van der Waals surface area contributed by atoms with E-state index in [9.17, 15) is 9.59 Å². The van der Waals surface area contributed by atoms with Crippen molar-refractivity contribution < 1.29 is 19.8 Å². The molecule has 0 aromatic heterocycles. The largest absolute Gasteiger partial charge is 0.481 e. The first-order valence-electron chi connectivity index (χ1n) is 5.89. The van der Waals surface area contributed by atoms with Crippen LogP contribution in [0.3, 0.4) is 0 Å². The average molecular weight is 249 g/mol. The van der Waals surface area contributed by atoms with E-state index >= 15 is 0 Å². The molecule has 1 aromatic rings. The minimum atomic E-state index is -0.953. The summed E-state index contributed by atoms with van der Waals surface area (Å²) in [7, 11) is 0. The number of hydrogen-bond acceptors (Lipinski definition) is 3. The van der Waals surface area contributed by atoms with E-state index < -0.39 is 11.9 Å². The van der Waals surface area contributed by atoms with Gasteiger partial charge >= 0.3 is 11.9 Å². The zero-order valence-electron chi connectivity index (χ0n) is 9.87. The van der Waals surface area contributed by atoms with E-state index in [2.05, 4.69) is 0 Å². The summed E-state index contributed by atoms with van der Waals surface area (Å²) in [5.41, 5.74) is 0.945. The van der Waals surface area contributed by atoms with Crippen LogP contribution in [0.25, 0.3) is 0 Å². The SMILES string of the molecule is O=C(O)c1ccccc1N1CCC(C(=O)O)CC1. The molecule has 0 unspecified atom stereocenters. The second-order valence-corrected chi connectivity index (χ2v) is 4.42. The number of anilines is 1. The number of benzene rings is 1. The Morgan fingerprint density at radius 2 is 1.72 bits per heavy atom. The summed E-state index contributed by atoms with van der Waals surface area (Å²) >= 11 is 0. The van der Waals surface area contributed by atoms with Gasteiger partial charge in [0.25, 0.3) is 0 Å². The Bertz CT molecular complexity index is 464. The molecular formula is C13H15NO4.